The highest BCUT2D eigenvalue weighted by Gasteiger charge is 2.52. The number of hydrogen-bond acceptors (Lipinski definition) is 2. The van der Waals surface area contributed by atoms with Gasteiger partial charge in [0, 0.05) is 5.88 Å². The summed E-state index contributed by atoms with van der Waals surface area (Å²) in [6.45, 7) is 0. The van der Waals surface area contributed by atoms with Crippen LogP contribution in [0, 0.1) is 16.7 Å². The lowest BCUT2D eigenvalue weighted by Crippen LogP contribution is -2.30. The fraction of sp³-hybridized carbons (Fsp3) is 0.900. The standard InChI is InChI=1S/C10H14ClNO/c11-5-1-4-10(7-12)6-8-2-3-9(10)13-8/h8-9H,1-6H2. The molecule has 2 rings (SSSR count). The molecule has 2 nitrogen and oxygen atoms in total. The van der Waals surface area contributed by atoms with Gasteiger partial charge in [0.1, 0.15) is 0 Å². The van der Waals surface area contributed by atoms with Gasteiger partial charge in [-0.1, -0.05) is 0 Å². The van der Waals surface area contributed by atoms with E-state index in [9.17, 15) is 5.26 Å². The van der Waals surface area contributed by atoms with Gasteiger partial charge in [-0.05, 0) is 32.1 Å². The second kappa shape index (κ2) is 3.48. The topological polar surface area (TPSA) is 33.0 Å². The first-order valence-electron chi connectivity index (χ1n) is 4.93. The first-order chi connectivity index (χ1) is 6.30. The van der Waals surface area contributed by atoms with Gasteiger partial charge in [0.25, 0.3) is 0 Å². The molecule has 0 radical (unpaired) electrons. The Morgan fingerprint density at radius 2 is 2.38 bits per heavy atom. The molecule has 2 fully saturated rings. The van der Waals surface area contributed by atoms with E-state index in [1.807, 2.05) is 0 Å². The lowest BCUT2D eigenvalue weighted by Gasteiger charge is -2.27. The molecule has 0 aromatic rings. The summed E-state index contributed by atoms with van der Waals surface area (Å²) in [7, 11) is 0. The van der Waals surface area contributed by atoms with Gasteiger partial charge in [-0.25, -0.2) is 0 Å². The Labute approximate surface area is 83.8 Å². The zero-order valence-electron chi connectivity index (χ0n) is 7.63. The van der Waals surface area contributed by atoms with Gasteiger partial charge >= 0.3 is 0 Å². The zero-order valence-corrected chi connectivity index (χ0v) is 8.39. The quantitative estimate of drug-likeness (QED) is 0.655. The summed E-state index contributed by atoms with van der Waals surface area (Å²) in [4.78, 5) is 0. The van der Waals surface area contributed by atoms with Crippen molar-refractivity contribution in [1.82, 2.24) is 0 Å². The maximum Gasteiger partial charge on any atom is 0.0860 e. The smallest absolute Gasteiger partial charge is 0.0860 e. The van der Waals surface area contributed by atoms with E-state index in [0.29, 0.717) is 12.0 Å². The Hall–Kier alpha value is -0.260. The number of nitriles is 1. The van der Waals surface area contributed by atoms with Crippen LogP contribution in [0.2, 0.25) is 0 Å². The fourth-order valence-electron chi connectivity index (χ4n) is 2.62. The van der Waals surface area contributed by atoms with Crippen LogP contribution in [0.25, 0.3) is 0 Å². The third-order valence-corrected chi connectivity index (χ3v) is 3.56. The van der Waals surface area contributed by atoms with Crippen LogP contribution >= 0.6 is 11.6 Å². The van der Waals surface area contributed by atoms with Crippen LogP contribution in [-0.2, 0) is 4.74 Å². The molecular formula is C10H14ClNO. The molecule has 13 heavy (non-hydrogen) atoms. The molecule has 2 aliphatic heterocycles. The van der Waals surface area contributed by atoms with Gasteiger partial charge in [0.2, 0.25) is 0 Å². The van der Waals surface area contributed by atoms with Gasteiger partial charge in [-0.15, -0.1) is 11.6 Å². The van der Waals surface area contributed by atoms with Crippen molar-refractivity contribution < 1.29 is 4.74 Å². The van der Waals surface area contributed by atoms with Gasteiger partial charge in [0.15, 0.2) is 0 Å². The number of hydrogen-bond donors (Lipinski definition) is 0. The third-order valence-electron chi connectivity index (χ3n) is 3.29. The summed E-state index contributed by atoms with van der Waals surface area (Å²) in [6.07, 6.45) is 5.56. The highest BCUT2D eigenvalue weighted by molar-refractivity contribution is 6.17. The van der Waals surface area contributed by atoms with Gasteiger partial charge < -0.3 is 4.74 Å². The van der Waals surface area contributed by atoms with Crippen molar-refractivity contribution in [2.24, 2.45) is 5.41 Å². The lowest BCUT2D eigenvalue weighted by atomic mass is 9.72. The average molecular weight is 200 g/mol. The molecule has 0 aromatic carbocycles. The summed E-state index contributed by atoms with van der Waals surface area (Å²) >= 11 is 5.65. The summed E-state index contributed by atoms with van der Waals surface area (Å²) in [6, 6.07) is 2.46. The van der Waals surface area contributed by atoms with E-state index in [-0.39, 0.29) is 11.5 Å². The second-order valence-electron chi connectivity index (χ2n) is 4.09. The van der Waals surface area contributed by atoms with Crippen LogP contribution in [0.3, 0.4) is 0 Å². The minimum absolute atomic E-state index is 0.197. The lowest BCUT2D eigenvalue weighted by molar-refractivity contribution is 0.0762. The third kappa shape index (κ3) is 1.45. The van der Waals surface area contributed by atoms with Crippen molar-refractivity contribution >= 4 is 11.6 Å². The Morgan fingerprint density at radius 1 is 1.54 bits per heavy atom. The van der Waals surface area contributed by atoms with Gasteiger partial charge in [-0.2, -0.15) is 5.26 Å². The number of nitrogens with zero attached hydrogens (tertiary/aromatic N) is 1. The molecule has 0 N–H and O–H groups in total. The van der Waals surface area contributed by atoms with Crippen molar-refractivity contribution in [3.05, 3.63) is 0 Å². The second-order valence-corrected chi connectivity index (χ2v) is 4.47. The number of alkyl halides is 1. The summed E-state index contributed by atoms with van der Waals surface area (Å²) < 4.78 is 5.71. The van der Waals surface area contributed by atoms with Crippen molar-refractivity contribution in [2.45, 2.75) is 44.3 Å². The predicted octanol–water partition coefficient (Wildman–Crippen LogP) is 2.47. The van der Waals surface area contributed by atoms with E-state index in [1.165, 1.54) is 0 Å². The molecule has 3 heteroatoms. The number of fused-ring (bicyclic) bond motifs is 2. The molecule has 2 aliphatic rings. The van der Waals surface area contributed by atoms with E-state index in [4.69, 9.17) is 16.3 Å². The van der Waals surface area contributed by atoms with Crippen molar-refractivity contribution in [3.63, 3.8) is 0 Å². The summed E-state index contributed by atoms with van der Waals surface area (Å²) in [5, 5.41) is 9.19. The van der Waals surface area contributed by atoms with E-state index in [0.717, 1.165) is 32.1 Å². The molecule has 72 valence electrons. The molecule has 2 heterocycles. The maximum atomic E-state index is 9.19. The number of rotatable bonds is 3. The number of halogens is 1. The predicted molar refractivity (Wildman–Crippen MR) is 50.5 cm³/mol. The van der Waals surface area contributed by atoms with Gasteiger partial charge in [0.05, 0.1) is 23.7 Å². The van der Waals surface area contributed by atoms with Crippen molar-refractivity contribution in [3.8, 4) is 6.07 Å². The van der Waals surface area contributed by atoms with E-state index in [1.54, 1.807) is 0 Å². The fourth-order valence-corrected chi connectivity index (χ4v) is 2.75. The molecule has 2 bridgehead atoms. The normalized spacial score (nSPS) is 42.2. The van der Waals surface area contributed by atoms with Crippen LogP contribution in [0.15, 0.2) is 0 Å². The minimum Gasteiger partial charge on any atom is -0.373 e. The molecule has 0 saturated carbocycles. The van der Waals surface area contributed by atoms with Crippen molar-refractivity contribution in [1.29, 1.82) is 5.26 Å². The highest BCUT2D eigenvalue weighted by atomic mass is 35.5. The zero-order chi connectivity index (χ0) is 9.31. The minimum atomic E-state index is -0.197. The monoisotopic (exact) mass is 199 g/mol. The van der Waals surface area contributed by atoms with Crippen LogP contribution in [0.5, 0.6) is 0 Å². The summed E-state index contributed by atoms with van der Waals surface area (Å²) in [5.74, 6) is 0.654. The Balaban J connectivity index is 2.05. The molecule has 3 unspecified atom stereocenters. The van der Waals surface area contributed by atoms with Gasteiger partial charge in [-0.3, -0.25) is 0 Å². The van der Waals surface area contributed by atoms with E-state index >= 15 is 0 Å². The Bertz CT molecular complexity index is 238. The molecule has 2 saturated heterocycles. The summed E-state index contributed by atoms with van der Waals surface area (Å²) in [5.41, 5.74) is -0.197. The van der Waals surface area contributed by atoms with E-state index in [2.05, 4.69) is 6.07 Å². The largest absolute Gasteiger partial charge is 0.373 e. The Kier molecular flexibility index (Phi) is 2.49. The van der Waals surface area contributed by atoms with Crippen LogP contribution in [0.4, 0.5) is 0 Å². The maximum absolute atomic E-state index is 9.19. The molecule has 3 atom stereocenters. The first kappa shape index (κ1) is 9.30. The molecular weight excluding hydrogens is 186 g/mol. The number of ether oxygens (including phenoxy) is 1. The van der Waals surface area contributed by atoms with Crippen LogP contribution in [-0.4, -0.2) is 18.1 Å². The van der Waals surface area contributed by atoms with Crippen LogP contribution < -0.4 is 0 Å². The van der Waals surface area contributed by atoms with Crippen molar-refractivity contribution in [2.75, 3.05) is 5.88 Å². The van der Waals surface area contributed by atoms with Crippen LogP contribution in [0.1, 0.15) is 32.1 Å². The first-order valence-corrected chi connectivity index (χ1v) is 5.47. The Morgan fingerprint density at radius 3 is 2.85 bits per heavy atom. The molecule has 0 spiro atoms. The average Bonchev–Trinajstić information content (AvgIpc) is 2.74. The molecule has 0 aromatic heterocycles. The SMILES string of the molecule is N#CC1(CCCCl)CC2CCC1O2. The molecule has 0 amide bonds. The highest BCUT2D eigenvalue weighted by Crippen LogP contribution is 2.49. The molecule has 0 aliphatic carbocycles. The van der Waals surface area contributed by atoms with E-state index < -0.39 is 0 Å².